The maximum absolute atomic E-state index is 11.5. The van der Waals surface area contributed by atoms with Gasteiger partial charge in [0.25, 0.3) is 0 Å². The molecule has 0 aliphatic carbocycles. The van der Waals surface area contributed by atoms with E-state index in [4.69, 9.17) is 5.73 Å². The number of pyridine rings is 1. The number of nitrogen functional groups attached to an aromatic ring is 1. The average Bonchev–Trinajstić information content (AvgIpc) is 2.64. The molecule has 0 aliphatic heterocycles. The van der Waals surface area contributed by atoms with E-state index in [-0.39, 0.29) is 10.7 Å². The van der Waals surface area contributed by atoms with Gasteiger partial charge in [-0.1, -0.05) is 0 Å². The van der Waals surface area contributed by atoms with Gasteiger partial charge in [-0.05, 0) is 12.1 Å². The molecule has 0 saturated carbocycles. The monoisotopic (exact) mass is 238 g/mol. The number of hydrogen-bond acceptors (Lipinski definition) is 5. The van der Waals surface area contributed by atoms with E-state index < -0.39 is 9.84 Å². The Morgan fingerprint density at radius 2 is 2.19 bits per heavy atom. The summed E-state index contributed by atoms with van der Waals surface area (Å²) in [6, 6.07) is 3.04. The van der Waals surface area contributed by atoms with Crippen molar-refractivity contribution in [3.8, 4) is 5.82 Å². The summed E-state index contributed by atoms with van der Waals surface area (Å²) in [5, 5.41) is 3.92. The Labute approximate surface area is 92.6 Å². The van der Waals surface area contributed by atoms with Crippen LogP contribution in [0.3, 0.4) is 0 Å². The van der Waals surface area contributed by atoms with Crippen molar-refractivity contribution in [2.45, 2.75) is 4.90 Å². The molecular weight excluding hydrogens is 228 g/mol. The lowest BCUT2D eigenvalue weighted by atomic mass is 10.4. The van der Waals surface area contributed by atoms with Crippen molar-refractivity contribution in [1.29, 1.82) is 0 Å². The van der Waals surface area contributed by atoms with E-state index in [1.54, 1.807) is 6.07 Å². The third kappa shape index (κ3) is 1.89. The zero-order valence-electron chi connectivity index (χ0n) is 8.53. The van der Waals surface area contributed by atoms with Crippen LogP contribution in [0.4, 0.5) is 5.69 Å². The van der Waals surface area contributed by atoms with Gasteiger partial charge in [-0.2, -0.15) is 5.10 Å². The highest BCUT2D eigenvalue weighted by atomic mass is 32.2. The van der Waals surface area contributed by atoms with Gasteiger partial charge >= 0.3 is 0 Å². The van der Waals surface area contributed by atoms with Gasteiger partial charge in [-0.25, -0.2) is 18.1 Å². The summed E-state index contributed by atoms with van der Waals surface area (Å²) in [5.41, 5.74) is 5.96. The summed E-state index contributed by atoms with van der Waals surface area (Å²) in [6.07, 6.45) is 5.57. The third-order valence-electron chi connectivity index (χ3n) is 1.97. The molecule has 0 unspecified atom stereocenters. The van der Waals surface area contributed by atoms with Crippen LogP contribution in [-0.2, 0) is 9.84 Å². The maximum atomic E-state index is 11.5. The number of rotatable bonds is 2. The normalized spacial score (nSPS) is 11.6. The second-order valence-corrected chi connectivity index (χ2v) is 5.30. The molecule has 0 atom stereocenters. The first kappa shape index (κ1) is 10.6. The molecule has 2 N–H and O–H groups in total. The largest absolute Gasteiger partial charge is 0.396 e. The zero-order chi connectivity index (χ0) is 11.8. The van der Waals surface area contributed by atoms with Crippen LogP contribution in [-0.4, -0.2) is 29.4 Å². The summed E-state index contributed by atoms with van der Waals surface area (Å²) in [7, 11) is -3.34. The Morgan fingerprint density at radius 3 is 2.75 bits per heavy atom. The Morgan fingerprint density at radius 1 is 1.44 bits per heavy atom. The molecule has 0 spiro atoms. The topological polar surface area (TPSA) is 90.9 Å². The van der Waals surface area contributed by atoms with Gasteiger partial charge in [-0.3, -0.25) is 0 Å². The fourth-order valence-electron chi connectivity index (χ4n) is 1.30. The van der Waals surface area contributed by atoms with Crippen LogP contribution in [0.5, 0.6) is 0 Å². The van der Waals surface area contributed by atoms with Gasteiger partial charge in [0.1, 0.15) is 4.90 Å². The first-order chi connectivity index (χ1) is 7.48. The molecule has 2 rings (SSSR count). The number of hydrogen-bond donors (Lipinski definition) is 1. The number of aromatic nitrogens is 3. The van der Waals surface area contributed by atoms with Crippen molar-refractivity contribution >= 4 is 15.5 Å². The standard InChI is InChI=1S/C9H10N4O2S/c1-16(14,15)8-3-2-4-11-9(8)13-6-7(10)5-12-13/h2-6H,10H2,1H3. The second-order valence-electron chi connectivity index (χ2n) is 3.32. The quantitative estimate of drug-likeness (QED) is 0.810. The molecule has 84 valence electrons. The van der Waals surface area contributed by atoms with Crippen LogP contribution in [0.25, 0.3) is 5.82 Å². The third-order valence-corrected chi connectivity index (χ3v) is 3.09. The Bertz CT molecular complexity index is 618. The lowest BCUT2D eigenvalue weighted by molar-refractivity contribution is 0.600. The minimum atomic E-state index is -3.34. The molecule has 0 fully saturated rings. The molecule has 0 aliphatic rings. The van der Waals surface area contributed by atoms with Crippen LogP contribution >= 0.6 is 0 Å². The number of nitrogens with two attached hydrogens (primary N) is 1. The van der Waals surface area contributed by atoms with Crippen molar-refractivity contribution in [2.75, 3.05) is 12.0 Å². The van der Waals surface area contributed by atoms with Crippen molar-refractivity contribution in [1.82, 2.24) is 14.8 Å². The Kier molecular flexibility index (Phi) is 2.39. The minimum absolute atomic E-state index is 0.123. The summed E-state index contributed by atoms with van der Waals surface area (Å²) >= 11 is 0. The summed E-state index contributed by atoms with van der Waals surface area (Å²) < 4.78 is 24.4. The molecule has 16 heavy (non-hydrogen) atoms. The van der Waals surface area contributed by atoms with E-state index in [1.165, 1.54) is 29.3 Å². The van der Waals surface area contributed by atoms with E-state index in [9.17, 15) is 8.42 Å². The molecule has 6 nitrogen and oxygen atoms in total. The van der Waals surface area contributed by atoms with Gasteiger partial charge < -0.3 is 5.73 Å². The Balaban J connectivity index is 2.66. The molecule has 2 aromatic rings. The maximum Gasteiger partial charge on any atom is 0.179 e. The number of anilines is 1. The van der Waals surface area contributed by atoms with E-state index in [1.807, 2.05) is 0 Å². The predicted octanol–water partition coefficient (Wildman–Crippen LogP) is 0.253. The van der Waals surface area contributed by atoms with Gasteiger partial charge in [0.2, 0.25) is 0 Å². The molecular formula is C9H10N4O2S. The fraction of sp³-hybridized carbons (Fsp3) is 0.111. The van der Waals surface area contributed by atoms with Gasteiger partial charge in [0.15, 0.2) is 15.7 Å². The van der Waals surface area contributed by atoms with E-state index in [0.29, 0.717) is 5.69 Å². The zero-order valence-corrected chi connectivity index (χ0v) is 9.35. The van der Waals surface area contributed by atoms with Gasteiger partial charge in [0.05, 0.1) is 18.1 Å². The van der Waals surface area contributed by atoms with Crippen molar-refractivity contribution < 1.29 is 8.42 Å². The molecule has 2 heterocycles. The molecule has 7 heteroatoms. The summed E-state index contributed by atoms with van der Waals surface area (Å²) in [5.74, 6) is 0.252. The molecule has 2 aromatic heterocycles. The van der Waals surface area contributed by atoms with Crippen LogP contribution in [0.2, 0.25) is 0 Å². The number of nitrogens with zero attached hydrogens (tertiary/aromatic N) is 3. The van der Waals surface area contributed by atoms with Crippen LogP contribution < -0.4 is 5.73 Å². The molecule has 0 saturated heterocycles. The van der Waals surface area contributed by atoms with Crippen molar-refractivity contribution in [2.24, 2.45) is 0 Å². The predicted molar refractivity (Wildman–Crippen MR) is 58.9 cm³/mol. The van der Waals surface area contributed by atoms with Crippen LogP contribution in [0.1, 0.15) is 0 Å². The van der Waals surface area contributed by atoms with Gasteiger partial charge in [0, 0.05) is 12.5 Å². The Hall–Kier alpha value is -1.89. The van der Waals surface area contributed by atoms with Gasteiger partial charge in [-0.15, -0.1) is 0 Å². The average molecular weight is 238 g/mol. The number of sulfone groups is 1. The van der Waals surface area contributed by atoms with Crippen LogP contribution in [0, 0.1) is 0 Å². The van der Waals surface area contributed by atoms with E-state index in [2.05, 4.69) is 10.1 Å². The van der Waals surface area contributed by atoms with E-state index >= 15 is 0 Å². The highest BCUT2D eigenvalue weighted by molar-refractivity contribution is 7.90. The highest BCUT2D eigenvalue weighted by Gasteiger charge is 2.15. The van der Waals surface area contributed by atoms with Crippen LogP contribution in [0.15, 0.2) is 35.6 Å². The first-order valence-electron chi connectivity index (χ1n) is 4.44. The molecule has 0 amide bonds. The second kappa shape index (κ2) is 3.60. The fourth-order valence-corrected chi connectivity index (χ4v) is 2.10. The lowest BCUT2D eigenvalue weighted by Crippen LogP contribution is -2.07. The molecule has 0 bridgehead atoms. The minimum Gasteiger partial charge on any atom is -0.396 e. The first-order valence-corrected chi connectivity index (χ1v) is 6.33. The SMILES string of the molecule is CS(=O)(=O)c1cccnc1-n1cc(N)cn1. The lowest BCUT2D eigenvalue weighted by Gasteiger charge is -2.05. The summed E-state index contributed by atoms with van der Waals surface area (Å²) in [4.78, 5) is 4.12. The smallest absolute Gasteiger partial charge is 0.179 e. The summed E-state index contributed by atoms with van der Waals surface area (Å²) in [6.45, 7) is 0. The molecule has 0 aromatic carbocycles. The van der Waals surface area contributed by atoms with E-state index in [0.717, 1.165) is 6.26 Å². The molecule has 0 radical (unpaired) electrons. The van der Waals surface area contributed by atoms with Crippen molar-refractivity contribution in [3.63, 3.8) is 0 Å². The highest BCUT2D eigenvalue weighted by Crippen LogP contribution is 2.17. The van der Waals surface area contributed by atoms with Crippen molar-refractivity contribution in [3.05, 3.63) is 30.7 Å².